The van der Waals surface area contributed by atoms with E-state index in [1.807, 2.05) is 0 Å². The van der Waals surface area contributed by atoms with Crippen molar-refractivity contribution in [2.75, 3.05) is 20.1 Å². The summed E-state index contributed by atoms with van der Waals surface area (Å²) in [5, 5.41) is 14.5. The molecule has 0 atom stereocenters. The van der Waals surface area contributed by atoms with Crippen LogP contribution in [0, 0.1) is 5.92 Å². The summed E-state index contributed by atoms with van der Waals surface area (Å²) in [6.07, 6.45) is 2.67. The van der Waals surface area contributed by atoms with E-state index in [0.29, 0.717) is 5.92 Å². The van der Waals surface area contributed by atoms with Crippen LogP contribution >= 0.6 is 24.0 Å². The molecule has 0 saturated heterocycles. The third-order valence-corrected chi connectivity index (χ3v) is 2.56. The van der Waals surface area contributed by atoms with Crippen molar-refractivity contribution in [3.05, 3.63) is 12.2 Å². The van der Waals surface area contributed by atoms with Crippen LogP contribution in [0.3, 0.4) is 0 Å². The number of aryl methyl sites for hydroxylation is 1. The predicted molar refractivity (Wildman–Crippen MR) is 89.0 cm³/mol. The molecule has 19 heavy (non-hydrogen) atoms. The molecular weight excluding hydrogens is 355 g/mol. The molecule has 0 saturated carbocycles. The van der Waals surface area contributed by atoms with E-state index < -0.39 is 0 Å². The highest BCUT2D eigenvalue weighted by atomic mass is 127. The lowest BCUT2D eigenvalue weighted by Gasteiger charge is -2.13. The maximum Gasteiger partial charge on any atom is 0.191 e. The molecule has 1 aromatic heterocycles. The first-order valence-electron chi connectivity index (χ1n) is 6.48. The van der Waals surface area contributed by atoms with Crippen LogP contribution < -0.4 is 10.6 Å². The molecule has 0 fully saturated rings. The second-order valence-electron chi connectivity index (χ2n) is 4.57. The van der Waals surface area contributed by atoms with Crippen LogP contribution in [0.25, 0.3) is 0 Å². The molecule has 7 heteroatoms. The number of nitrogens with zero attached hydrogens (tertiary/aromatic N) is 4. The van der Waals surface area contributed by atoms with Crippen molar-refractivity contribution in [1.29, 1.82) is 0 Å². The third-order valence-electron chi connectivity index (χ3n) is 2.56. The Labute approximate surface area is 132 Å². The van der Waals surface area contributed by atoms with Crippen molar-refractivity contribution in [3.63, 3.8) is 0 Å². The summed E-state index contributed by atoms with van der Waals surface area (Å²) in [4.78, 5) is 4.18. The zero-order valence-corrected chi connectivity index (χ0v) is 14.5. The minimum atomic E-state index is 0. The van der Waals surface area contributed by atoms with Gasteiger partial charge in [-0.2, -0.15) is 0 Å². The van der Waals surface area contributed by atoms with Crippen LogP contribution in [0.5, 0.6) is 0 Å². The summed E-state index contributed by atoms with van der Waals surface area (Å²) in [6.45, 7) is 9.00. The van der Waals surface area contributed by atoms with Crippen LogP contribution in [-0.4, -0.2) is 40.9 Å². The Kier molecular flexibility index (Phi) is 9.54. The van der Waals surface area contributed by atoms with E-state index in [9.17, 15) is 0 Å². The van der Waals surface area contributed by atoms with Crippen molar-refractivity contribution in [2.24, 2.45) is 10.9 Å². The quantitative estimate of drug-likeness (QED) is 0.443. The summed E-state index contributed by atoms with van der Waals surface area (Å²) in [5.41, 5.74) is 0. The van der Waals surface area contributed by atoms with Gasteiger partial charge in [0.25, 0.3) is 0 Å². The van der Waals surface area contributed by atoms with Gasteiger partial charge in [0, 0.05) is 33.1 Å². The average molecular weight is 380 g/mol. The molecule has 0 bridgehead atoms. The fourth-order valence-electron chi connectivity index (χ4n) is 1.56. The lowest BCUT2D eigenvalue weighted by Crippen LogP contribution is -2.40. The Morgan fingerprint density at radius 2 is 2.16 bits per heavy atom. The minimum Gasteiger partial charge on any atom is -0.356 e. The molecule has 2 N–H and O–H groups in total. The van der Waals surface area contributed by atoms with E-state index in [-0.39, 0.29) is 24.0 Å². The molecule has 0 aromatic carbocycles. The van der Waals surface area contributed by atoms with Gasteiger partial charge in [-0.15, -0.1) is 34.2 Å². The predicted octanol–water partition coefficient (Wildman–Crippen LogP) is 1.28. The van der Waals surface area contributed by atoms with Crippen LogP contribution in [0.15, 0.2) is 11.3 Å². The van der Waals surface area contributed by atoms with E-state index in [2.05, 4.69) is 51.2 Å². The molecule has 1 heterocycles. The minimum absolute atomic E-state index is 0. The van der Waals surface area contributed by atoms with Gasteiger partial charge in [-0.3, -0.25) is 4.99 Å². The van der Waals surface area contributed by atoms with Gasteiger partial charge in [-0.1, -0.05) is 20.8 Å². The van der Waals surface area contributed by atoms with E-state index in [1.165, 1.54) is 0 Å². The fourth-order valence-corrected chi connectivity index (χ4v) is 1.56. The van der Waals surface area contributed by atoms with Gasteiger partial charge in [0.05, 0.1) is 0 Å². The smallest absolute Gasteiger partial charge is 0.191 e. The van der Waals surface area contributed by atoms with Crippen LogP contribution in [0.4, 0.5) is 0 Å². The Morgan fingerprint density at radius 3 is 2.74 bits per heavy atom. The van der Waals surface area contributed by atoms with Crippen molar-refractivity contribution >= 4 is 29.9 Å². The summed E-state index contributed by atoms with van der Waals surface area (Å²) in [6, 6.07) is 0. The Bertz CT molecular complexity index is 374. The third kappa shape index (κ3) is 6.74. The summed E-state index contributed by atoms with van der Waals surface area (Å²) < 4.78 is 2.06. The molecule has 0 aliphatic heterocycles. The maximum atomic E-state index is 4.18. The number of aromatic nitrogens is 3. The number of nitrogens with one attached hydrogen (secondary N) is 2. The van der Waals surface area contributed by atoms with Gasteiger partial charge >= 0.3 is 0 Å². The summed E-state index contributed by atoms with van der Waals surface area (Å²) >= 11 is 0. The number of hydrogen-bond donors (Lipinski definition) is 2. The largest absolute Gasteiger partial charge is 0.356 e. The van der Waals surface area contributed by atoms with E-state index in [1.54, 1.807) is 13.4 Å². The number of guanidine groups is 1. The number of hydrogen-bond acceptors (Lipinski definition) is 3. The van der Waals surface area contributed by atoms with Crippen LogP contribution in [0.1, 0.15) is 26.6 Å². The topological polar surface area (TPSA) is 67.1 Å². The van der Waals surface area contributed by atoms with Gasteiger partial charge in [-0.25, -0.2) is 0 Å². The SMILES string of the molecule is CCc1nncn1CCNC(=NC)NCC(C)C.I. The number of halogens is 1. The zero-order chi connectivity index (χ0) is 13.4. The first-order chi connectivity index (χ1) is 8.67. The van der Waals surface area contributed by atoms with Gasteiger partial charge < -0.3 is 15.2 Å². The number of aliphatic imine (C=N–C) groups is 1. The van der Waals surface area contributed by atoms with Crippen LogP contribution in [0.2, 0.25) is 0 Å². The molecule has 0 spiro atoms. The molecule has 0 radical (unpaired) electrons. The molecule has 1 aromatic rings. The van der Waals surface area contributed by atoms with E-state index >= 15 is 0 Å². The van der Waals surface area contributed by atoms with Crippen molar-refractivity contribution in [2.45, 2.75) is 33.7 Å². The zero-order valence-electron chi connectivity index (χ0n) is 12.2. The van der Waals surface area contributed by atoms with Gasteiger partial charge in [0.1, 0.15) is 12.2 Å². The molecule has 0 aliphatic rings. The molecular formula is C12H25IN6. The maximum absolute atomic E-state index is 4.18. The monoisotopic (exact) mass is 380 g/mol. The Hall–Kier alpha value is -0.860. The second kappa shape index (κ2) is 9.99. The molecule has 6 nitrogen and oxygen atoms in total. The summed E-state index contributed by atoms with van der Waals surface area (Å²) in [7, 11) is 1.78. The molecule has 0 aliphatic carbocycles. The number of rotatable bonds is 6. The van der Waals surface area contributed by atoms with Crippen molar-refractivity contribution in [3.8, 4) is 0 Å². The lowest BCUT2D eigenvalue weighted by atomic mass is 10.2. The van der Waals surface area contributed by atoms with Crippen molar-refractivity contribution < 1.29 is 0 Å². The van der Waals surface area contributed by atoms with Gasteiger partial charge in [0.2, 0.25) is 0 Å². The Morgan fingerprint density at radius 1 is 1.42 bits per heavy atom. The molecule has 0 unspecified atom stereocenters. The molecule has 0 amide bonds. The van der Waals surface area contributed by atoms with Gasteiger partial charge in [0.15, 0.2) is 5.96 Å². The first kappa shape index (κ1) is 18.1. The summed E-state index contributed by atoms with van der Waals surface area (Å²) in [5.74, 6) is 2.46. The van der Waals surface area contributed by atoms with E-state index in [0.717, 1.165) is 37.8 Å². The highest BCUT2D eigenvalue weighted by molar-refractivity contribution is 14.0. The highest BCUT2D eigenvalue weighted by Crippen LogP contribution is 1.94. The fraction of sp³-hybridized carbons (Fsp3) is 0.750. The van der Waals surface area contributed by atoms with Crippen molar-refractivity contribution in [1.82, 2.24) is 25.4 Å². The molecule has 1 rings (SSSR count). The molecule has 110 valence electrons. The highest BCUT2D eigenvalue weighted by Gasteiger charge is 2.02. The Balaban J connectivity index is 0.00000324. The van der Waals surface area contributed by atoms with E-state index in [4.69, 9.17) is 0 Å². The second-order valence-corrected chi connectivity index (χ2v) is 4.57. The normalized spacial score (nSPS) is 11.3. The average Bonchev–Trinajstić information content (AvgIpc) is 2.80. The standard InChI is InChI=1S/C12H24N6.HI/c1-5-11-17-16-9-18(11)7-6-14-12(13-4)15-8-10(2)3;/h9-10H,5-8H2,1-4H3,(H2,13,14,15);1H. The first-order valence-corrected chi connectivity index (χ1v) is 6.48. The van der Waals surface area contributed by atoms with Crippen LogP contribution in [-0.2, 0) is 13.0 Å². The van der Waals surface area contributed by atoms with Gasteiger partial charge in [-0.05, 0) is 5.92 Å². The lowest BCUT2D eigenvalue weighted by molar-refractivity contribution is 0.600.